The van der Waals surface area contributed by atoms with Crippen LogP contribution >= 0.6 is 0 Å². The van der Waals surface area contributed by atoms with Crippen LogP contribution in [0.1, 0.15) is 46.0 Å². The van der Waals surface area contributed by atoms with Gasteiger partial charge in [-0.25, -0.2) is 0 Å². The van der Waals surface area contributed by atoms with Gasteiger partial charge in [0.1, 0.15) is 0 Å². The van der Waals surface area contributed by atoms with Crippen molar-refractivity contribution >= 4 is 0 Å². The fraction of sp³-hybridized carbons (Fsp3) is 0.929. The fourth-order valence-electron chi connectivity index (χ4n) is 3.06. The van der Waals surface area contributed by atoms with E-state index < -0.39 is 0 Å². The molecule has 17 heavy (non-hydrogen) atoms. The van der Waals surface area contributed by atoms with Crippen LogP contribution in [0.3, 0.4) is 0 Å². The van der Waals surface area contributed by atoms with Crippen LogP contribution in [0.25, 0.3) is 0 Å². The monoisotopic (exact) mass is 236 g/mol. The largest absolute Gasteiger partial charge is 0.375 e. The second-order valence-corrected chi connectivity index (χ2v) is 6.04. The van der Waals surface area contributed by atoms with Gasteiger partial charge >= 0.3 is 0 Å². The standard InChI is InChI=1S/C14H24N2O/c1-14(2,11-15)7-4-8-16-9-10-17-13-6-3-5-12(13)16/h12-13H,3-10H2,1-2H3. The molecule has 0 bridgehead atoms. The molecule has 2 unspecified atom stereocenters. The van der Waals surface area contributed by atoms with Crippen LogP contribution in [0, 0.1) is 16.7 Å². The molecule has 0 aromatic rings. The molecule has 2 rings (SSSR count). The Kier molecular flexibility index (Phi) is 4.06. The molecule has 0 aromatic carbocycles. The van der Waals surface area contributed by atoms with Gasteiger partial charge in [0.15, 0.2) is 0 Å². The molecule has 0 aromatic heterocycles. The van der Waals surface area contributed by atoms with E-state index in [1.165, 1.54) is 19.3 Å². The van der Waals surface area contributed by atoms with E-state index in [4.69, 9.17) is 10.00 Å². The van der Waals surface area contributed by atoms with Gasteiger partial charge in [-0.2, -0.15) is 5.26 Å². The predicted octanol–water partition coefficient (Wildman–Crippen LogP) is 2.57. The summed E-state index contributed by atoms with van der Waals surface area (Å²) < 4.78 is 5.81. The highest BCUT2D eigenvalue weighted by atomic mass is 16.5. The fourth-order valence-corrected chi connectivity index (χ4v) is 3.06. The minimum atomic E-state index is -0.165. The summed E-state index contributed by atoms with van der Waals surface area (Å²) in [7, 11) is 0. The maximum absolute atomic E-state index is 9.00. The third kappa shape index (κ3) is 3.20. The topological polar surface area (TPSA) is 36.3 Å². The summed E-state index contributed by atoms with van der Waals surface area (Å²) in [5.41, 5.74) is -0.165. The van der Waals surface area contributed by atoms with Gasteiger partial charge in [0, 0.05) is 12.6 Å². The molecule has 96 valence electrons. The molecule has 1 saturated carbocycles. The Morgan fingerprint density at radius 2 is 2.24 bits per heavy atom. The molecule has 3 nitrogen and oxygen atoms in total. The zero-order valence-corrected chi connectivity index (χ0v) is 11.1. The molecule has 0 amide bonds. The SMILES string of the molecule is CC(C)(C#N)CCCN1CCOC2CCCC21. The van der Waals surface area contributed by atoms with Crippen molar-refractivity contribution in [3.63, 3.8) is 0 Å². The zero-order valence-electron chi connectivity index (χ0n) is 11.1. The van der Waals surface area contributed by atoms with E-state index in [0.29, 0.717) is 12.1 Å². The second-order valence-electron chi connectivity index (χ2n) is 6.04. The quantitative estimate of drug-likeness (QED) is 0.752. The lowest BCUT2D eigenvalue weighted by Gasteiger charge is -2.38. The summed E-state index contributed by atoms with van der Waals surface area (Å²) in [6.45, 7) is 7.17. The number of hydrogen-bond acceptors (Lipinski definition) is 3. The molecule has 0 spiro atoms. The van der Waals surface area contributed by atoms with E-state index in [1.54, 1.807) is 0 Å². The minimum absolute atomic E-state index is 0.165. The minimum Gasteiger partial charge on any atom is -0.375 e. The molecule has 2 fully saturated rings. The van der Waals surface area contributed by atoms with Crippen molar-refractivity contribution in [2.24, 2.45) is 5.41 Å². The maximum atomic E-state index is 9.00. The van der Waals surface area contributed by atoms with Gasteiger partial charge < -0.3 is 4.74 Å². The van der Waals surface area contributed by atoms with Gasteiger partial charge in [-0.1, -0.05) is 0 Å². The molecular formula is C14H24N2O. The van der Waals surface area contributed by atoms with Crippen LogP contribution in [0.4, 0.5) is 0 Å². The molecule has 1 saturated heterocycles. The molecule has 2 atom stereocenters. The van der Waals surface area contributed by atoms with E-state index in [2.05, 4.69) is 11.0 Å². The molecule has 0 N–H and O–H groups in total. The van der Waals surface area contributed by atoms with Crippen molar-refractivity contribution in [3.8, 4) is 6.07 Å². The third-order valence-corrected chi connectivity index (χ3v) is 4.15. The van der Waals surface area contributed by atoms with Crippen LogP contribution in [0.2, 0.25) is 0 Å². The van der Waals surface area contributed by atoms with Gasteiger partial charge in [0.2, 0.25) is 0 Å². The van der Waals surface area contributed by atoms with Crippen LogP contribution in [-0.4, -0.2) is 36.7 Å². The Labute approximate surface area is 105 Å². The summed E-state index contributed by atoms with van der Waals surface area (Å²) in [6.07, 6.45) is 6.47. The molecule has 1 aliphatic heterocycles. The molecule has 2 aliphatic rings. The Hall–Kier alpha value is -0.590. The first kappa shape index (κ1) is 12.9. The first-order valence-electron chi connectivity index (χ1n) is 6.89. The van der Waals surface area contributed by atoms with Crippen molar-refractivity contribution < 1.29 is 4.74 Å². The van der Waals surface area contributed by atoms with E-state index in [9.17, 15) is 0 Å². The average molecular weight is 236 g/mol. The van der Waals surface area contributed by atoms with Crippen molar-refractivity contribution in [2.45, 2.75) is 58.1 Å². The van der Waals surface area contributed by atoms with Gasteiger partial charge in [0.05, 0.1) is 24.2 Å². The summed E-state index contributed by atoms with van der Waals surface area (Å²) in [5, 5.41) is 9.00. The average Bonchev–Trinajstić information content (AvgIpc) is 2.78. The lowest BCUT2D eigenvalue weighted by atomic mass is 9.89. The lowest BCUT2D eigenvalue weighted by molar-refractivity contribution is -0.0562. The third-order valence-electron chi connectivity index (χ3n) is 4.15. The van der Waals surface area contributed by atoms with E-state index in [0.717, 1.165) is 32.5 Å². The number of morpholine rings is 1. The highest BCUT2D eigenvalue weighted by Gasteiger charge is 2.35. The molecule has 0 radical (unpaired) electrons. The van der Waals surface area contributed by atoms with Crippen LogP contribution in [0.15, 0.2) is 0 Å². The van der Waals surface area contributed by atoms with Gasteiger partial charge in [-0.15, -0.1) is 0 Å². The molecule has 1 aliphatic carbocycles. The first-order valence-corrected chi connectivity index (χ1v) is 6.89. The van der Waals surface area contributed by atoms with Crippen LogP contribution in [-0.2, 0) is 4.74 Å². The summed E-state index contributed by atoms with van der Waals surface area (Å²) in [5.74, 6) is 0. The number of ether oxygens (including phenoxy) is 1. The number of nitriles is 1. The van der Waals surface area contributed by atoms with Crippen molar-refractivity contribution in [1.82, 2.24) is 4.90 Å². The van der Waals surface area contributed by atoms with E-state index >= 15 is 0 Å². The molecule has 3 heteroatoms. The zero-order chi connectivity index (χ0) is 12.3. The number of hydrogen-bond donors (Lipinski definition) is 0. The Bertz CT molecular complexity index is 295. The van der Waals surface area contributed by atoms with Crippen LogP contribution < -0.4 is 0 Å². The lowest BCUT2D eigenvalue weighted by Crippen LogP contribution is -2.48. The summed E-state index contributed by atoms with van der Waals surface area (Å²) in [6, 6.07) is 3.04. The Balaban J connectivity index is 1.77. The first-order chi connectivity index (χ1) is 8.12. The predicted molar refractivity (Wildman–Crippen MR) is 67.6 cm³/mol. The van der Waals surface area contributed by atoms with Gasteiger partial charge in [0.25, 0.3) is 0 Å². The second kappa shape index (κ2) is 5.37. The van der Waals surface area contributed by atoms with Crippen molar-refractivity contribution in [1.29, 1.82) is 5.26 Å². The Morgan fingerprint density at radius 3 is 3.00 bits per heavy atom. The maximum Gasteiger partial charge on any atom is 0.0730 e. The van der Waals surface area contributed by atoms with Gasteiger partial charge in [-0.3, -0.25) is 4.90 Å². The van der Waals surface area contributed by atoms with E-state index in [-0.39, 0.29) is 5.41 Å². The normalized spacial score (nSPS) is 29.9. The number of fused-ring (bicyclic) bond motifs is 1. The number of rotatable bonds is 4. The van der Waals surface area contributed by atoms with Crippen molar-refractivity contribution in [2.75, 3.05) is 19.7 Å². The highest BCUT2D eigenvalue weighted by molar-refractivity contribution is 4.93. The number of nitrogens with zero attached hydrogens (tertiary/aromatic N) is 2. The highest BCUT2D eigenvalue weighted by Crippen LogP contribution is 2.30. The van der Waals surface area contributed by atoms with Crippen LogP contribution in [0.5, 0.6) is 0 Å². The van der Waals surface area contributed by atoms with Gasteiger partial charge in [-0.05, 0) is 52.5 Å². The Morgan fingerprint density at radius 1 is 1.41 bits per heavy atom. The van der Waals surface area contributed by atoms with E-state index in [1.807, 2.05) is 13.8 Å². The summed E-state index contributed by atoms with van der Waals surface area (Å²) in [4.78, 5) is 2.59. The smallest absolute Gasteiger partial charge is 0.0730 e. The summed E-state index contributed by atoms with van der Waals surface area (Å²) >= 11 is 0. The molecular weight excluding hydrogens is 212 g/mol. The van der Waals surface area contributed by atoms with Crippen molar-refractivity contribution in [3.05, 3.63) is 0 Å². The molecule has 1 heterocycles.